The molecule has 0 N–H and O–H groups in total. The van der Waals surface area contributed by atoms with Gasteiger partial charge in [-0.25, -0.2) is 9.97 Å². The van der Waals surface area contributed by atoms with Crippen LogP contribution >= 0.6 is 11.6 Å². The molecule has 3 rings (SSSR count). The maximum absolute atomic E-state index is 6.37. The Kier molecular flexibility index (Phi) is 3.51. The van der Waals surface area contributed by atoms with Crippen molar-refractivity contribution in [1.82, 2.24) is 9.97 Å². The van der Waals surface area contributed by atoms with Crippen LogP contribution < -0.4 is 0 Å². The van der Waals surface area contributed by atoms with Gasteiger partial charge >= 0.3 is 0 Å². The lowest BCUT2D eigenvalue weighted by Gasteiger charge is -2.17. The van der Waals surface area contributed by atoms with Crippen LogP contribution in [-0.4, -0.2) is 9.97 Å². The van der Waals surface area contributed by atoms with Crippen molar-refractivity contribution in [2.24, 2.45) is 0 Å². The molecule has 1 aliphatic carbocycles. The normalized spacial score (nSPS) is 14.2. The summed E-state index contributed by atoms with van der Waals surface area (Å²) in [5.41, 5.74) is 7.17. The second-order valence-electron chi connectivity index (χ2n) is 5.72. The van der Waals surface area contributed by atoms with Gasteiger partial charge in [0.15, 0.2) is 5.82 Å². The fourth-order valence-electron chi connectivity index (χ4n) is 2.87. The molecule has 1 aromatic heterocycles. The van der Waals surface area contributed by atoms with Crippen molar-refractivity contribution in [3.63, 3.8) is 0 Å². The Labute approximate surface area is 125 Å². The Morgan fingerprint density at radius 2 is 1.60 bits per heavy atom. The van der Waals surface area contributed by atoms with E-state index < -0.39 is 0 Å². The average Bonchev–Trinajstić information content (AvgIpc) is 2.43. The first-order chi connectivity index (χ1) is 9.56. The lowest BCUT2D eigenvalue weighted by Crippen LogP contribution is -2.09. The first kappa shape index (κ1) is 13.6. The molecule has 0 saturated heterocycles. The van der Waals surface area contributed by atoms with Crippen LogP contribution in [0, 0.1) is 20.8 Å². The van der Waals surface area contributed by atoms with Crippen LogP contribution in [0.15, 0.2) is 12.1 Å². The number of aromatic nitrogens is 2. The number of hydrogen-bond acceptors (Lipinski definition) is 2. The van der Waals surface area contributed by atoms with Gasteiger partial charge in [0.25, 0.3) is 0 Å². The quantitative estimate of drug-likeness (QED) is 0.716. The van der Waals surface area contributed by atoms with Gasteiger partial charge in [0.2, 0.25) is 0 Å². The summed E-state index contributed by atoms with van der Waals surface area (Å²) in [5.74, 6) is 0.774. The summed E-state index contributed by atoms with van der Waals surface area (Å²) in [5, 5.41) is 0.641. The van der Waals surface area contributed by atoms with Crippen LogP contribution in [-0.2, 0) is 12.8 Å². The van der Waals surface area contributed by atoms with E-state index >= 15 is 0 Å². The van der Waals surface area contributed by atoms with E-state index in [1.54, 1.807) is 0 Å². The van der Waals surface area contributed by atoms with Gasteiger partial charge < -0.3 is 0 Å². The number of halogens is 1. The molecular formula is C17H19ClN2. The van der Waals surface area contributed by atoms with E-state index in [0.717, 1.165) is 35.5 Å². The highest BCUT2D eigenvalue weighted by Crippen LogP contribution is 2.30. The highest BCUT2D eigenvalue weighted by Gasteiger charge is 2.18. The smallest absolute Gasteiger partial charge is 0.161 e. The molecule has 20 heavy (non-hydrogen) atoms. The minimum absolute atomic E-state index is 0.641. The molecule has 0 radical (unpaired) electrons. The largest absolute Gasteiger partial charge is 0.233 e. The van der Waals surface area contributed by atoms with Crippen LogP contribution in [0.1, 0.15) is 40.8 Å². The maximum Gasteiger partial charge on any atom is 0.161 e. The van der Waals surface area contributed by atoms with E-state index in [2.05, 4.69) is 37.9 Å². The first-order valence-electron chi connectivity index (χ1n) is 7.20. The molecular weight excluding hydrogens is 268 g/mol. The molecule has 1 aromatic carbocycles. The zero-order chi connectivity index (χ0) is 14.3. The summed E-state index contributed by atoms with van der Waals surface area (Å²) in [6.45, 7) is 6.36. The lowest BCUT2D eigenvalue weighted by molar-refractivity contribution is 0.663. The minimum atomic E-state index is 0.641. The average molecular weight is 287 g/mol. The lowest BCUT2D eigenvalue weighted by atomic mass is 9.96. The van der Waals surface area contributed by atoms with Crippen molar-refractivity contribution < 1.29 is 0 Å². The van der Waals surface area contributed by atoms with Crippen LogP contribution in [0.3, 0.4) is 0 Å². The molecule has 2 nitrogen and oxygen atoms in total. The zero-order valence-corrected chi connectivity index (χ0v) is 13.0. The van der Waals surface area contributed by atoms with E-state index in [1.807, 2.05) is 0 Å². The standard InChI is InChI=1S/C17H19ClN2/c1-10-8-12(3)14(9-11(10)2)17-19-15-7-5-4-6-13(15)16(18)20-17/h8-9H,4-7H2,1-3H3. The van der Waals surface area contributed by atoms with Gasteiger partial charge in [-0.3, -0.25) is 0 Å². The van der Waals surface area contributed by atoms with Gasteiger partial charge in [-0.15, -0.1) is 0 Å². The Hall–Kier alpha value is -1.41. The third kappa shape index (κ3) is 2.33. The predicted octanol–water partition coefficient (Wildman–Crippen LogP) is 4.60. The van der Waals surface area contributed by atoms with Crippen LogP contribution in [0.2, 0.25) is 5.15 Å². The van der Waals surface area contributed by atoms with Gasteiger partial charge in [-0.2, -0.15) is 0 Å². The summed E-state index contributed by atoms with van der Waals surface area (Å²) in [4.78, 5) is 9.32. The Morgan fingerprint density at radius 3 is 2.40 bits per heavy atom. The highest BCUT2D eigenvalue weighted by atomic mass is 35.5. The topological polar surface area (TPSA) is 25.8 Å². The molecule has 0 bridgehead atoms. The van der Waals surface area contributed by atoms with E-state index in [4.69, 9.17) is 16.6 Å². The van der Waals surface area contributed by atoms with Gasteiger partial charge in [-0.1, -0.05) is 17.7 Å². The second-order valence-corrected chi connectivity index (χ2v) is 6.08. The second kappa shape index (κ2) is 5.17. The molecule has 0 amide bonds. The summed E-state index contributed by atoms with van der Waals surface area (Å²) in [6.07, 6.45) is 4.43. The molecule has 1 heterocycles. The Bertz CT molecular complexity index is 677. The van der Waals surface area contributed by atoms with Gasteiger partial charge in [0.1, 0.15) is 5.15 Å². The third-order valence-corrected chi connectivity index (χ3v) is 4.53. The SMILES string of the molecule is Cc1cc(C)c(-c2nc(Cl)c3c(n2)CCCC3)cc1C. The molecule has 0 aliphatic heterocycles. The summed E-state index contributed by atoms with van der Waals surface area (Å²) < 4.78 is 0. The molecule has 0 saturated carbocycles. The zero-order valence-electron chi connectivity index (χ0n) is 12.3. The molecule has 1 aliphatic rings. The molecule has 0 atom stereocenters. The minimum Gasteiger partial charge on any atom is -0.233 e. The molecule has 0 unspecified atom stereocenters. The van der Waals surface area contributed by atoms with Gasteiger partial charge in [0, 0.05) is 16.8 Å². The van der Waals surface area contributed by atoms with E-state index in [9.17, 15) is 0 Å². The number of fused-ring (bicyclic) bond motifs is 1. The molecule has 0 fully saturated rings. The maximum atomic E-state index is 6.37. The summed E-state index contributed by atoms with van der Waals surface area (Å²) >= 11 is 6.37. The number of nitrogens with zero attached hydrogens (tertiary/aromatic N) is 2. The Morgan fingerprint density at radius 1 is 0.900 bits per heavy atom. The van der Waals surface area contributed by atoms with Crippen LogP contribution in [0.4, 0.5) is 0 Å². The predicted molar refractivity (Wildman–Crippen MR) is 83.3 cm³/mol. The van der Waals surface area contributed by atoms with E-state index in [-0.39, 0.29) is 0 Å². The van der Waals surface area contributed by atoms with Crippen molar-refractivity contribution >= 4 is 11.6 Å². The van der Waals surface area contributed by atoms with Crippen molar-refractivity contribution in [2.75, 3.05) is 0 Å². The Balaban J connectivity index is 2.15. The number of aryl methyl sites for hydroxylation is 4. The number of rotatable bonds is 1. The van der Waals surface area contributed by atoms with Crippen molar-refractivity contribution in [1.29, 1.82) is 0 Å². The van der Waals surface area contributed by atoms with Gasteiger partial charge in [0.05, 0.1) is 0 Å². The fraction of sp³-hybridized carbons (Fsp3) is 0.412. The van der Waals surface area contributed by atoms with E-state index in [1.165, 1.54) is 29.5 Å². The van der Waals surface area contributed by atoms with Crippen LogP contribution in [0.25, 0.3) is 11.4 Å². The van der Waals surface area contributed by atoms with Crippen LogP contribution in [0.5, 0.6) is 0 Å². The van der Waals surface area contributed by atoms with Crippen molar-refractivity contribution in [2.45, 2.75) is 46.5 Å². The van der Waals surface area contributed by atoms with Crippen molar-refractivity contribution in [3.05, 3.63) is 45.2 Å². The van der Waals surface area contributed by atoms with E-state index in [0.29, 0.717) is 5.15 Å². The molecule has 2 aromatic rings. The third-order valence-electron chi connectivity index (χ3n) is 4.21. The number of benzene rings is 1. The molecule has 104 valence electrons. The monoisotopic (exact) mass is 286 g/mol. The summed E-state index contributed by atoms with van der Waals surface area (Å²) in [7, 11) is 0. The molecule has 3 heteroatoms. The van der Waals surface area contributed by atoms with Gasteiger partial charge in [-0.05, 0) is 69.2 Å². The fourth-order valence-corrected chi connectivity index (χ4v) is 3.15. The first-order valence-corrected chi connectivity index (χ1v) is 7.57. The molecule has 0 spiro atoms. The highest BCUT2D eigenvalue weighted by molar-refractivity contribution is 6.30. The number of hydrogen-bond donors (Lipinski definition) is 0. The van der Waals surface area contributed by atoms with Crippen molar-refractivity contribution in [3.8, 4) is 11.4 Å². The summed E-state index contributed by atoms with van der Waals surface area (Å²) in [6, 6.07) is 4.37.